The lowest BCUT2D eigenvalue weighted by Crippen LogP contribution is -2.51. The Bertz CT molecular complexity index is 1100. The maximum Gasteiger partial charge on any atom is 0.244 e. The van der Waals surface area contributed by atoms with E-state index in [2.05, 4.69) is 19.2 Å². The van der Waals surface area contributed by atoms with Gasteiger partial charge >= 0.3 is 0 Å². The number of carbonyl (C=O) groups is 1. The lowest BCUT2D eigenvalue weighted by molar-refractivity contribution is -0.123. The number of nitrogens with one attached hydrogen (secondary N) is 1. The second kappa shape index (κ2) is 9.32. The Morgan fingerprint density at radius 3 is 2.50 bits per heavy atom. The first-order valence-corrected chi connectivity index (χ1v) is 13.1. The van der Waals surface area contributed by atoms with Gasteiger partial charge in [-0.3, -0.25) is 9.10 Å². The summed E-state index contributed by atoms with van der Waals surface area (Å²) in [6.45, 7) is 7.57. The van der Waals surface area contributed by atoms with Crippen molar-refractivity contribution in [3.05, 3.63) is 58.6 Å². The molecule has 6 nitrogen and oxygen atoms in total. The van der Waals surface area contributed by atoms with Gasteiger partial charge in [-0.15, -0.1) is 0 Å². The van der Waals surface area contributed by atoms with Gasteiger partial charge in [0.2, 0.25) is 15.9 Å². The van der Waals surface area contributed by atoms with Gasteiger partial charge in [-0.05, 0) is 50.5 Å². The molecule has 8 heteroatoms. The molecule has 0 unspecified atom stereocenters. The number of halogens is 1. The first-order valence-electron chi connectivity index (χ1n) is 10.8. The molecular weight excluding hydrogens is 448 g/mol. The molecule has 32 heavy (non-hydrogen) atoms. The highest BCUT2D eigenvalue weighted by Crippen LogP contribution is 2.42. The van der Waals surface area contributed by atoms with E-state index in [-0.39, 0.29) is 17.6 Å². The molecule has 1 amide bonds. The summed E-state index contributed by atoms with van der Waals surface area (Å²) < 4.78 is 32.7. The van der Waals surface area contributed by atoms with Crippen molar-refractivity contribution < 1.29 is 17.9 Å². The Labute approximate surface area is 196 Å². The summed E-state index contributed by atoms with van der Waals surface area (Å²) >= 11 is 6.23. The Balaban J connectivity index is 1.92. The molecule has 2 aromatic rings. The van der Waals surface area contributed by atoms with Crippen molar-refractivity contribution >= 4 is 33.2 Å². The summed E-state index contributed by atoms with van der Waals surface area (Å²) in [5.74, 6) is 0.376. The smallest absolute Gasteiger partial charge is 0.244 e. The molecule has 0 radical (unpaired) electrons. The molecule has 0 saturated heterocycles. The summed E-state index contributed by atoms with van der Waals surface area (Å²) in [5, 5.41) is 3.53. The van der Waals surface area contributed by atoms with Gasteiger partial charge in [0.25, 0.3) is 0 Å². The third-order valence-corrected chi connectivity index (χ3v) is 7.95. The van der Waals surface area contributed by atoms with Gasteiger partial charge in [-0.2, -0.15) is 0 Å². The third-order valence-electron chi connectivity index (χ3n) is 6.30. The number of amides is 1. The second-order valence-electron chi connectivity index (χ2n) is 8.46. The van der Waals surface area contributed by atoms with Crippen molar-refractivity contribution in [3.8, 4) is 5.75 Å². The van der Waals surface area contributed by atoms with Crippen molar-refractivity contribution in [1.29, 1.82) is 0 Å². The molecule has 2 atom stereocenters. The fourth-order valence-electron chi connectivity index (χ4n) is 4.25. The van der Waals surface area contributed by atoms with Crippen molar-refractivity contribution in [2.45, 2.75) is 64.6 Å². The number of rotatable bonds is 7. The Kier molecular flexibility index (Phi) is 7.10. The number of hydrogen-bond donors (Lipinski definition) is 1. The molecule has 0 aliphatic carbocycles. The van der Waals surface area contributed by atoms with Crippen LogP contribution in [0.4, 0.5) is 5.69 Å². The van der Waals surface area contributed by atoms with E-state index in [4.69, 9.17) is 16.3 Å². The maximum absolute atomic E-state index is 13.3. The van der Waals surface area contributed by atoms with E-state index in [1.807, 2.05) is 31.2 Å². The average Bonchev–Trinajstić information content (AvgIpc) is 2.75. The molecule has 1 heterocycles. The lowest BCUT2D eigenvalue weighted by Gasteiger charge is -2.42. The summed E-state index contributed by atoms with van der Waals surface area (Å²) in [5.41, 5.74) is 1.70. The molecule has 0 spiro atoms. The van der Waals surface area contributed by atoms with E-state index in [0.717, 1.165) is 40.3 Å². The normalized spacial score (nSPS) is 18.2. The number of para-hydroxylation sites is 1. The Morgan fingerprint density at radius 1 is 1.25 bits per heavy atom. The fourth-order valence-corrected chi connectivity index (χ4v) is 5.59. The predicted octanol–water partition coefficient (Wildman–Crippen LogP) is 5.00. The van der Waals surface area contributed by atoms with Gasteiger partial charge in [0.05, 0.1) is 18.0 Å². The van der Waals surface area contributed by atoms with Gasteiger partial charge in [-0.25, -0.2) is 8.42 Å². The highest BCUT2D eigenvalue weighted by molar-refractivity contribution is 7.92. The standard InChI is InChI=1S/C24H31ClN2O4S/c1-6-24(7-2)15-21(19-10-8-9-11-22(19)31-24)26-23(28)17(4)27(32(5,29)30)18-13-12-16(3)20(25)14-18/h8-14,17,21H,6-7,15H2,1-5H3,(H,26,28)/t17-,21-/m1/s1. The number of benzene rings is 2. The molecule has 0 bridgehead atoms. The van der Waals surface area contributed by atoms with E-state index in [1.54, 1.807) is 25.1 Å². The zero-order chi connectivity index (χ0) is 23.7. The van der Waals surface area contributed by atoms with Crippen molar-refractivity contribution in [2.75, 3.05) is 10.6 Å². The number of ether oxygens (including phenoxy) is 1. The highest BCUT2D eigenvalue weighted by Gasteiger charge is 2.40. The number of anilines is 1. The number of fused-ring (bicyclic) bond motifs is 1. The number of sulfonamides is 1. The van der Waals surface area contributed by atoms with E-state index < -0.39 is 16.1 Å². The van der Waals surface area contributed by atoms with E-state index in [9.17, 15) is 13.2 Å². The number of hydrogen-bond acceptors (Lipinski definition) is 4. The second-order valence-corrected chi connectivity index (χ2v) is 10.7. The molecule has 174 valence electrons. The van der Waals surface area contributed by atoms with Crippen LogP contribution in [0.3, 0.4) is 0 Å². The van der Waals surface area contributed by atoms with Crippen LogP contribution in [0.2, 0.25) is 5.02 Å². The maximum atomic E-state index is 13.3. The van der Waals surface area contributed by atoms with Crippen molar-refractivity contribution in [3.63, 3.8) is 0 Å². The molecule has 0 aromatic heterocycles. The molecule has 1 aliphatic heterocycles. The van der Waals surface area contributed by atoms with Crippen LogP contribution >= 0.6 is 11.6 Å². The zero-order valence-electron chi connectivity index (χ0n) is 19.2. The minimum atomic E-state index is -3.74. The van der Waals surface area contributed by atoms with E-state index >= 15 is 0 Å². The van der Waals surface area contributed by atoms with Crippen LogP contribution in [0.15, 0.2) is 42.5 Å². The van der Waals surface area contributed by atoms with Crippen LogP contribution in [0.25, 0.3) is 0 Å². The quantitative estimate of drug-likeness (QED) is 0.607. The van der Waals surface area contributed by atoms with Crippen LogP contribution in [0.1, 0.15) is 57.2 Å². The fraction of sp³-hybridized carbons (Fsp3) is 0.458. The number of carbonyl (C=O) groups excluding carboxylic acids is 1. The van der Waals surface area contributed by atoms with Gasteiger partial charge in [0.15, 0.2) is 0 Å². The summed E-state index contributed by atoms with van der Waals surface area (Å²) in [4.78, 5) is 13.3. The molecule has 0 saturated carbocycles. The van der Waals surface area contributed by atoms with Gasteiger partial charge in [0.1, 0.15) is 17.4 Å². The average molecular weight is 479 g/mol. The molecule has 1 aliphatic rings. The molecule has 1 N–H and O–H groups in total. The van der Waals surface area contributed by atoms with Crippen LogP contribution in [0.5, 0.6) is 5.75 Å². The monoisotopic (exact) mass is 478 g/mol. The Hall–Kier alpha value is -2.25. The number of nitrogens with zero attached hydrogens (tertiary/aromatic N) is 1. The first kappa shape index (κ1) is 24.4. The SMILES string of the molecule is CCC1(CC)C[C@@H](NC(=O)[C@@H](C)N(c2ccc(C)c(Cl)c2)S(C)(=O)=O)c2ccccc2O1. The van der Waals surface area contributed by atoms with Crippen LogP contribution in [-0.2, 0) is 14.8 Å². The first-order chi connectivity index (χ1) is 15.0. The topological polar surface area (TPSA) is 75.7 Å². The Morgan fingerprint density at radius 2 is 1.91 bits per heavy atom. The van der Waals surface area contributed by atoms with Crippen molar-refractivity contribution in [2.24, 2.45) is 0 Å². The summed E-state index contributed by atoms with van der Waals surface area (Å²) in [6.07, 6.45) is 3.31. The molecule has 2 aromatic carbocycles. The third kappa shape index (κ3) is 4.89. The highest BCUT2D eigenvalue weighted by atomic mass is 35.5. The zero-order valence-corrected chi connectivity index (χ0v) is 20.8. The van der Waals surface area contributed by atoms with Crippen LogP contribution < -0.4 is 14.4 Å². The molecule has 0 fully saturated rings. The largest absolute Gasteiger partial charge is 0.487 e. The van der Waals surface area contributed by atoms with Gasteiger partial charge in [-0.1, -0.05) is 49.7 Å². The van der Waals surface area contributed by atoms with E-state index in [0.29, 0.717) is 17.1 Å². The van der Waals surface area contributed by atoms with Crippen molar-refractivity contribution in [1.82, 2.24) is 5.32 Å². The molecule has 3 rings (SSSR count). The van der Waals surface area contributed by atoms with Gasteiger partial charge in [0, 0.05) is 17.0 Å². The van der Waals surface area contributed by atoms with E-state index in [1.165, 1.54) is 0 Å². The predicted molar refractivity (Wildman–Crippen MR) is 129 cm³/mol. The minimum absolute atomic E-state index is 0.280. The summed E-state index contributed by atoms with van der Waals surface area (Å²) in [6, 6.07) is 11.4. The van der Waals surface area contributed by atoms with Crippen LogP contribution in [-0.4, -0.2) is 32.2 Å². The minimum Gasteiger partial charge on any atom is -0.487 e. The lowest BCUT2D eigenvalue weighted by atomic mass is 9.83. The molecular formula is C24H31ClN2O4S. The summed E-state index contributed by atoms with van der Waals surface area (Å²) in [7, 11) is -3.74. The number of aryl methyl sites for hydroxylation is 1. The van der Waals surface area contributed by atoms with Gasteiger partial charge < -0.3 is 10.1 Å². The van der Waals surface area contributed by atoms with Crippen LogP contribution in [0, 0.1) is 6.92 Å².